The van der Waals surface area contributed by atoms with Gasteiger partial charge < -0.3 is 9.47 Å². The van der Waals surface area contributed by atoms with Crippen molar-refractivity contribution in [3.63, 3.8) is 0 Å². The molecule has 0 aliphatic heterocycles. The molecule has 1 rings (SSSR count). The van der Waals surface area contributed by atoms with Crippen molar-refractivity contribution in [3.05, 3.63) is 12.2 Å². The molecule has 0 saturated heterocycles. The van der Waals surface area contributed by atoms with E-state index in [1.54, 1.807) is 14.0 Å². The molecule has 14 heavy (non-hydrogen) atoms. The molecule has 1 aliphatic carbocycles. The van der Waals surface area contributed by atoms with Gasteiger partial charge in [0.05, 0.1) is 6.10 Å². The zero-order valence-corrected chi connectivity index (χ0v) is 9.08. The highest BCUT2D eigenvalue weighted by atomic mass is 16.6. The number of ether oxygens (including phenoxy) is 2. The lowest BCUT2D eigenvalue weighted by Gasteiger charge is -2.21. The molecule has 3 atom stereocenters. The van der Waals surface area contributed by atoms with Crippen molar-refractivity contribution in [2.75, 3.05) is 7.11 Å². The maximum absolute atomic E-state index is 11.3. The molecule has 0 aromatic heterocycles. The summed E-state index contributed by atoms with van der Waals surface area (Å²) in [4.78, 5) is 11.3. The predicted molar refractivity (Wildman–Crippen MR) is 53.9 cm³/mol. The van der Waals surface area contributed by atoms with Crippen molar-refractivity contribution in [1.29, 1.82) is 0 Å². The maximum atomic E-state index is 11.3. The third-order valence-corrected chi connectivity index (χ3v) is 2.71. The first kappa shape index (κ1) is 11.2. The zero-order chi connectivity index (χ0) is 10.7. The van der Waals surface area contributed by atoms with Gasteiger partial charge in [-0.05, 0) is 25.7 Å². The smallest absolute Gasteiger partial charge is 0.333 e. The van der Waals surface area contributed by atoms with Crippen LogP contribution in [0.4, 0.5) is 0 Å². The Morgan fingerprint density at radius 3 is 2.57 bits per heavy atom. The van der Waals surface area contributed by atoms with Crippen molar-refractivity contribution in [1.82, 2.24) is 0 Å². The van der Waals surface area contributed by atoms with Crippen molar-refractivity contribution < 1.29 is 14.3 Å². The lowest BCUT2D eigenvalue weighted by molar-refractivity contribution is -0.150. The highest BCUT2D eigenvalue weighted by molar-refractivity contribution is 5.87. The lowest BCUT2D eigenvalue weighted by Crippen LogP contribution is -2.31. The Morgan fingerprint density at radius 1 is 1.43 bits per heavy atom. The summed E-state index contributed by atoms with van der Waals surface area (Å²) in [6.07, 6.45) is 1.88. The first-order chi connectivity index (χ1) is 6.56. The summed E-state index contributed by atoms with van der Waals surface area (Å²) >= 11 is 0. The molecule has 3 heteroatoms. The van der Waals surface area contributed by atoms with Crippen molar-refractivity contribution in [3.8, 4) is 0 Å². The van der Waals surface area contributed by atoms with Crippen LogP contribution in [-0.2, 0) is 14.3 Å². The van der Waals surface area contributed by atoms with Crippen molar-refractivity contribution in [2.45, 2.75) is 38.9 Å². The largest absolute Gasteiger partial charge is 0.456 e. The van der Waals surface area contributed by atoms with Crippen LogP contribution in [-0.4, -0.2) is 25.3 Å². The van der Waals surface area contributed by atoms with E-state index in [4.69, 9.17) is 9.47 Å². The molecule has 1 fully saturated rings. The van der Waals surface area contributed by atoms with Crippen LogP contribution in [0.5, 0.6) is 0 Å². The van der Waals surface area contributed by atoms with Crippen molar-refractivity contribution in [2.24, 2.45) is 5.92 Å². The standard InChI is InChI=1S/C11H18O3/c1-7(2)11(12)14-9-6-5-8(3)10(9)13-4/h8-10H,1,5-6H2,2-4H3. The number of esters is 1. The normalized spacial score (nSPS) is 31.5. The van der Waals surface area contributed by atoms with E-state index in [1.807, 2.05) is 0 Å². The molecule has 0 N–H and O–H groups in total. The number of carbonyl (C=O) groups excluding carboxylic acids is 1. The molecular formula is C11H18O3. The first-order valence-electron chi connectivity index (χ1n) is 4.95. The van der Waals surface area contributed by atoms with Crippen LogP contribution in [0.1, 0.15) is 26.7 Å². The first-order valence-corrected chi connectivity index (χ1v) is 4.95. The van der Waals surface area contributed by atoms with Gasteiger partial charge in [0.25, 0.3) is 0 Å². The number of rotatable bonds is 3. The average Bonchev–Trinajstić information content (AvgIpc) is 2.46. The average molecular weight is 198 g/mol. The van der Waals surface area contributed by atoms with E-state index in [2.05, 4.69) is 13.5 Å². The summed E-state index contributed by atoms with van der Waals surface area (Å²) in [7, 11) is 1.66. The van der Waals surface area contributed by atoms with E-state index in [0.29, 0.717) is 11.5 Å². The van der Waals surface area contributed by atoms with Crippen LogP contribution in [0.25, 0.3) is 0 Å². The molecule has 3 unspecified atom stereocenters. The second kappa shape index (κ2) is 4.60. The Morgan fingerprint density at radius 2 is 2.07 bits per heavy atom. The van der Waals surface area contributed by atoms with E-state index in [0.717, 1.165) is 12.8 Å². The van der Waals surface area contributed by atoms with Gasteiger partial charge >= 0.3 is 5.97 Å². The summed E-state index contributed by atoms with van der Waals surface area (Å²) in [6, 6.07) is 0. The van der Waals surface area contributed by atoms with Crippen LogP contribution in [0, 0.1) is 5.92 Å². The number of methoxy groups -OCH3 is 1. The Bertz CT molecular complexity index is 235. The van der Waals surface area contributed by atoms with Crippen LogP contribution < -0.4 is 0 Å². The fourth-order valence-corrected chi connectivity index (χ4v) is 1.87. The highest BCUT2D eigenvalue weighted by Crippen LogP contribution is 2.30. The van der Waals surface area contributed by atoms with Gasteiger partial charge in [-0.1, -0.05) is 13.5 Å². The molecule has 3 nitrogen and oxygen atoms in total. The second-order valence-corrected chi connectivity index (χ2v) is 3.98. The zero-order valence-electron chi connectivity index (χ0n) is 9.08. The molecule has 0 aromatic rings. The topological polar surface area (TPSA) is 35.5 Å². The SMILES string of the molecule is C=C(C)C(=O)OC1CCC(C)C1OC. The quantitative estimate of drug-likeness (QED) is 0.513. The van der Waals surface area contributed by atoms with Gasteiger partial charge in [0, 0.05) is 12.7 Å². The fraction of sp³-hybridized carbons (Fsp3) is 0.727. The van der Waals surface area contributed by atoms with Gasteiger partial charge in [-0.15, -0.1) is 0 Å². The van der Waals surface area contributed by atoms with Crippen LogP contribution in [0.15, 0.2) is 12.2 Å². The molecule has 0 spiro atoms. The lowest BCUT2D eigenvalue weighted by atomic mass is 10.1. The summed E-state index contributed by atoms with van der Waals surface area (Å²) in [6.45, 7) is 7.32. The summed E-state index contributed by atoms with van der Waals surface area (Å²) in [5, 5.41) is 0. The minimum atomic E-state index is -0.314. The molecule has 0 amide bonds. The molecular weight excluding hydrogens is 180 g/mol. The molecule has 80 valence electrons. The number of carbonyl (C=O) groups is 1. The predicted octanol–water partition coefficient (Wildman–Crippen LogP) is 1.92. The molecule has 0 aromatic carbocycles. The molecule has 1 saturated carbocycles. The third-order valence-electron chi connectivity index (χ3n) is 2.71. The van der Waals surface area contributed by atoms with Gasteiger partial charge in [-0.2, -0.15) is 0 Å². The molecule has 0 bridgehead atoms. The van der Waals surface area contributed by atoms with Gasteiger partial charge in [-0.25, -0.2) is 4.79 Å². The monoisotopic (exact) mass is 198 g/mol. The van der Waals surface area contributed by atoms with Crippen LogP contribution >= 0.6 is 0 Å². The van der Waals surface area contributed by atoms with E-state index in [1.165, 1.54) is 0 Å². The van der Waals surface area contributed by atoms with Crippen molar-refractivity contribution >= 4 is 5.97 Å². The summed E-state index contributed by atoms with van der Waals surface area (Å²) in [5.41, 5.74) is 0.444. The minimum Gasteiger partial charge on any atom is -0.456 e. The summed E-state index contributed by atoms with van der Waals surface area (Å²) in [5.74, 6) is 0.147. The van der Waals surface area contributed by atoms with Gasteiger partial charge in [-0.3, -0.25) is 0 Å². The molecule has 0 radical (unpaired) electrons. The number of hydrogen-bond acceptors (Lipinski definition) is 3. The van der Waals surface area contributed by atoms with E-state index in [9.17, 15) is 4.79 Å². The Balaban J connectivity index is 2.53. The Hall–Kier alpha value is -0.830. The van der Waals surface area contributed by atoms with Gasteiger partial charge in [0.2, 0.25) is 0 Å². The minimum absolute atomic E-state index is 0.0401. The fourth-order valence-electron chi connectivity index (χ4n) is 1.87. The summed E-state index contributed by atoms with van der Waals surface area (Å²) < 4.78 is 10.6. The van der Waals surface area contributed by atoms with E-state index < -0.39 is 0 Å². The highest BCUT2D eigenvalue weighted by Gasteiger charge is 2.36. The molecule has 1 aliphatic rings. The second-order valence-electron chi connectivity index (χ2n) is 3.98. The third kappa shape index (κ3) is 2.35. The Labute approximate surface area is 85.1 Å². The Kier molecular flexibility index (Phi) is 3.69. The van der Waals surface area contributed by atoms with E-state index >= 15 is 0 Å². The maximum Gasteiger partial charge on any atom is 0.333 e. The number of hydrogen-bond donors (Lipinski definition) is 0. The van der Waals surface area contributed by atoms with Crippen LogP contribution in [0.2, 0.25) is 0 Å². The van der Waals surface area contributed by atoms with Gasteiger partial charge in [0.15, 0.2) is 0 Å². The van der Waals surface area contributed by atoms with Gasteiger partial charge in [0.1, 0.15) is 6.10 Å². The van der Waals surface area contributed by atoms with Crippen LogP contribution in [0.3, 0.4) is 0 Å². The van der Waals surface area contributed by atoms with E-state index in [-0.39, 0.29) is 18.2 Å². The molecule has 0 heterocycles.